The molecule has 23 heavy (non-hydrogen) atoms. The summed E-state index contributed by atoms with van der Waals surface area (Å²) >= 11 is 0. The molecule has 0 atom stereocenters. The quantitative estimate of drug-likeness (QED) is 0.803. The van der Waals surface area contributed by atoms with Gasteiger partial charge in [0.25, 0.3) is 5.91 Å². The lowest BCUT2D eigenvalue weighted by Gasteiger charge is -2.32. The minimum atomic E-state index is -0.882. The zero-order valence-corrected chi connectivity index (χ0v) is 14.4. The molecular formula is C17H23BFNO3. The average Bonchev–Trinajstić information content (AvgIpc) is 3.25. The van der Waals surface area contributed by atoms with Crippen LogP contribution in [0.4, 0.5) is 4.39 Å². The van der Waals surface area contributed by atoms with Crippen molar-refractivity contribution in [2.24, 2.45) is 0 Å². The van der Waals surface area contributed by atoms with Crippen LogP contribution in [0.1, 0.15) is 50.9 Å². The number of carbonyl (C=O) groups excluding carboxylic acids is 1. The van der Waals surface area contributed by atoms with E-state index in [1.54, 1.807) is 24.1 Å². The van der Waals surface area contributed by atoms with Crippen molar-refractivity contribution < 1.29 is 18.5 Å². The van der Waals surface area contributed by atoms with E-state index in [4.69, 9.17) is 9.31 Å². The fraction of sp³-hybridized carbons (Fsp3) is 0.588. The Morgan fingerprint density at radius 2 is 1.78 bits per heavy atom. The Morgan fingerprint density at radius 1 is 1.22 bits per heavy atom. The van der Waals surface area contributed by atoms with Crippen LogP contribution in [0.25, 0.3) is 0 Å². The Morgan fingerprint density at radius 3 is 2.30 bits per heavy atom. The number of rotatable bonds is 3. The molecule has 3 rings (SSSR count). The summed E-state index contributed by atoms with van der Waals surface area (Å²) in [6.45, 7) is 7.63. The van der Waals surface area contributed by atoms with Crippen LogP contribution in [0.5, 0.6) is 0 Å². The minimum absolute atomic E-state index is 0.184. The van der Waals surface area contributed by atoms with Crippen molar-refractivity contribution in [1.82, 2.24) is 4.90 Å². The van der Waals surface area contributed by atoms with Crippen LogP contribution in [0.3, 0.4) is 0 Å². The summed E-state index contributed by atoms with van der Waals surface area (Å²) in [5.41, 5.74) is -0.646. The molecule has 1 aromatic rings. The van der Waals surface area contributed by atoms with E-state index in [0.29, 0.717) is 5.56 Å². The van der Waals surface area contributed by atoms with E-state index in [2.05, 4.69) is 0 Å². The van der Waals surface area contributed by atoms with Crippen LogP contribution in [0.2, 0.25) is 0 Å². The van der Waals surface area contributed by atoms with Crippen LogP contribution >= 0.6 is 0 Å². The smallest absolute Gasteiger partial charge is 0.399 e. The van der Waals surface area contributed by atoms with Gasteiger partial charge < -0.3 is 14.2 Å². The maximum Gasteiger partial charge on any atom is 0.498 e. The van der Waals surface area contributed by atoms with Gasteiger partial charge in [0.2, 0.25) is 0 Å². The molecule has 6 heteroatoms. The molecule has 0 radical (unpaired) electrons. The van der Waals surface area contributed by atoms with Gasteiger partial charge in [-0.1, -0.05) is 6.07 Å². The highest BCUT2D eigenvalue weighted by atomic mass is 19.1. The molecule has 1 heterocycles. The molecule has 1 amide bonds. The predicted molar refractivity (Wildman–Crippen MR) is 87.2 cm³/mol. The van der Waals surface area contributed by atoms with E-state index in [0.717, 1.165) is 12.8 Å². The average molecular weight is 319 g/mol. The fourth-order valence-electron chi connectivity index (χ4n) is 2.74. The molecule has 1 aromatic carbocycles. The number of hydrogen-bond donors (Lipinski definition) is 0. The SMILES string of the molecule is CN(C(=O)c1cccc(F)c1B1OC(C)(C)C(C)(C)O1)C1CC1. The predicted octanol–water partition coefficient (Wildman–Crippen LogP) is 2.36. The Balaban J connectivity index is 1.98. The summed E-state index contributed by atoms with van der Waals surface area (Å²) in [5, 5.41) is 0. The van der Waals surface area contributed by atoms with Gasteiger partial charge in [0.1, 0.15) is 5.82 Å². The zero-order chi connectivity index (χ0) is 17.0. The largest absolute Gasteiger partial charge is 0.498 e. The van der Waals surface area contributed by atoms with Gasteiger partial charge in [-0.15, -0.1) is 0 Å². The van der Waals surface area contributed by atoms with E-state index < -0.39 is 24.1 Å². The first-order valence-electron chi connectivity index (χ1n) is 8.05. The van der Waals surface area contributed by atoms with Crippen molar-refractivity contribution in [2.45, 2.75) is 57.8 Å². The lowest BCUT2D eigenvalue weighted by molar-refractivity contribution is 0.00578. The highest BCUT2D eigenvalue weighted by Crippen LogP contribution is 2.37. The summed E-state index contributed by atoms with van der Waals surface area (Å²) in [6, 6.07) is 4.80. The van der Waals surface area contributed by atoms with Gasteiger partial charge in [0, 0.05) is 24.1 Å². The summed E-state index contributed by atoms with van der Waals surface area (Å²) in [6.07, 6.45) is 2.01. The molecule has 4 nitrogen and oxygen atoms in total. The fourth-order valence-corrected chi connectivity index (χ4v) is 2.74. The van der Waals surface area contributed by atoms with E-state index in [1.807, 2.05) is 27.7 Å². The minimum Gasteiger partial charge on any atom is -0.399 e. The third-order valence-electron chi connectivity index (χ3n) is 5.19. The Bertz CT molecular complexity index is 627. The zero-order valence-electron chi connectivity index (χ0n) is 14.4. The van der Waals surface area contributed by atoms with E-state index in [-0.39, 0.29) is 17.4 Å². The van der Waals surface area contributed by atoms with Crippen LogP contribution < -0.4 is 5.46 Å². The van der Waals surface area contributed by atoms with Gasteiger partial charge in [-0.2, -0.15) is 0 Å². The standard InChI is InChI=1S/C17H23BFNO3/c1-16(2)17(3,4)23-18(22-16)14-12(7-6-8-13(14)19)15(21)20(5)11-9-10-11/h6-8,11H,9-10H2,1-5H3. The molecule has 0 bridgehead atoms. The third kappa shape index (κ3) is 2.79. The second kappa shape index (κ2) is 5.31. The highest BCUT2D eigenvalue weighted by molar-refractivity contribution is 6.63. The van der Waals surface area contributed by atoms with E-state index in [1.165, 1.54) is 6.07 Å². The van der Waals surface area contributed by atoms with Gasteiger partial charge in [-0.05, 0) is 52.7 Å². The first-order chi connectivity index (χ1) is 10.6. The van der Waals surface area contributed by atoms with Crippen molar-refractivity contribution >= 4 is 18.5 Å². The second-order valence-electron chi connectivity index (χ2n) is 7.44. The molecular weight excluding hydrogens is 296 g/mol. The number of amides is 1. The van der Waals surface area contributed by atoms with Crippen molar-refractivity contribution in [3.8, 4) is 0 Å². The van der Waals surface area contributed by atoms with E-state index in [9.17, 15) is 9.18 Å². The van der Waals surface area contributed by atoms with Gasteiger partial charge >= 0.3 is 7.12 Å². The monoisotopic (exact) mass is 319 g/mol. The van der Waals surface area contributed by atoms with Crippen LogP contribution in [0.15, 0.2) is 18.2 Å². The lowest BCUT2D eigenvalue weighted by atomic mass is 9.75. The number of halogens is 1. The van der Waals surface area contributed by atoms with Crippen molar-refractivity contribution in [3.63, 3.8) is 0 Å². The molecule has 124 valence electrons. The summed E-state index contributed by atoms with van der Waals surface area (Å²) < 4.78 is 26.4. The maximum absolute atomic E-state index is 14.5. The van der Waals surface area contributed by atoms with Gasteiger partial charge in [0.15, 0.2) is 0 Å². The van der Waals surface area contributed by atoms with Gasteiger partial charge in [-0.3, -0.25) is 4.79 Å². The van der Waals surface area contributed by atoms with Crippen LogP contribution in [-0.4, -0.2) is 42.2 Å². The Kier molecular flexibility index (Phi) is 3.80. The van der Waals surface area contributed by atoms with Crippen molar-refractivity contribution in [3.05, 3.63) is 29.6 Å². The molecule has 1 aliphatic heterocycles. The normalized spacial score (nSPS) is 22.3. The summed E-state index contributed by atoms with van der Waals surface area (Å²) in [4.78, 5) is 14.4. The number of hydrogen-bond acceptors (Lipinski definition) is 3. The molecule has 0 spiro atoms. The number of benzene rings is 1. The third-order valence-corrected chi connectivity index (χ3v) is 5.19. The summed E-state index contributed by atoms with van der Waals surface area (Å²) in [7, 11) is 0.881. The molecule has 1 saturated heterocycles. The topological polar surface area (TPSA) is 38.8 Å². The molecule has 0 N–H and O–H groups in total. The van der Waals surface area contributed by atoms with Crippen LogP contribution in [-0.2, 0) is 9.31 Å². The molecule has 2 aliphatic rings. The Hall–Kier alpha value is -1.40. The summed E-state index contributed by atoms with van der Waals surface area (Å²) in [5.74, 6) is -0.657. The maximum atomic E-state index is 14.5. The first kappa shape index (κ1) is 16.5. The van der Waals surface area contributed by atoms with Gasteiger partial charge in [-0.25, -0.2) is 4.39 Å². The molecule has 1 aliphatic carbocycles. The lowest BCUT2D eigenvalue weighted by Crippen LogP contribution is -2.43. The number of nitrogens with zero attached hydrogens (tertiary/aromatic N) is 1. The Labute approximate surface area is 137 Å². The van der Waals surface area contributed by atoms with Crippen molar-refractivity contribution in [1.29, 1.82) is 0 Å². The van der Waals surface area contributed by atoms with Crippen molar-refractivity contribution in [2.75, 3.05) is 7.05 Å². The highest BCUT2D eigenvalue weighted by Gasteiger charge is 2.53. The molecule has 2 fully saturated rings. The molecule has 0 aromatic heterocycles. The first-order valence-corrected chi connectivity index (χ1v) is 8.05. The second-order valence-corrected chi connectivity index (χ2v) is 7.44. The molecule has 1 saturated carbocycles. The molecule has 0 unspecified atom stereocenters. The van der Waals surface area contributed by atoms with Gasteiger partial charge in [0.05, 0.1) is 11.2 Å². The number of carbonyl (C=O) groups is 1. The van der Waals surface area contributed by atoms with E-state index >= 15 is 0 Å². The van der Waals surface area contributed by atoms with Crippen LogP contribution in [0, 0.1) is 5.82 Å².